The van der Waals surface area contributed by atoms with E-state index in [2.05, 4.69) is 64.2 Å². The Labute approximate surface area is 220 Å². The Hall–Kier alpha value is 0.683. The van der Waals surface area contributed by atoms with Crippen LogP contribution in [0.25, 0.3) is 0 Å². The van der Waals surface area contributed by atoms with Crippen LogP contribution in [0.1, 0.15) is 105 Å². The third-order valence-corrected chi connectivity index (χ3v) is 6.73. The first-order valence-corrected chi connectivity index (χ1v) is 19.5. The van der Waals surface area contributed by atoms with Crippen molar-refractivity contribution in [2.24, 2.45) is 29.6 Å². The molecule has 0 aromatic rings. The van der Waals surface area contributed by atoms with E-state index >= 15 is 0 Å². The van der Waals surface area contributed by atoms with E-state index in [1.54, 1.807) is 0 Å². The van der Waals surface area contributed by atoms with Gasteiger partial charge in [-0.15, -0.1) is 18.6 Å². The van der Waals surface area contributed by atoms with Crippen molar-refractivity contribution in [2.45, 2.75) is 105 Å². The summed E-state index contributed by atoms with van der Waals surface area (Å²) in [5, 5.41) is 0. The summed E-state index contributed by atoms with van der Waals surface area (Å²) in [6, 6.07) is 0. The fourth-order valence-corrected chi connectivity index (χ4v) is 5.52. The van der Waals surface area contributed by atoms with Gasteiger partial charge in [-0.1, -0.05) is 109 Å². The molecule has 0 nitrogen and oxygen atoms in total. The molecule has 0 spiro atoms. The summed E-state index contributed by atoms with van der Waals surface area (Å²) >= 11 is -0.826. The Morgan fingerprint density at radius 3 is 2.44 bits per heavy atom. The zero-order valence-electron chi connectivity index (χ0n) is 21.6. The molecule has 0 aromatic heterocycles. The van der Waals surface area contributed by atoms with E-state index in [9.17, 15) is 0 Å². The number of allylic oxidation sites excluding steroid dienone is 5. The average molecular weight is 561 g/mol. The molecule has 0 bridgehead atoms. The molecule has 184 valence electrons. The molecule has 0 amide bonds. The molecule has 3 aliphatic carbocycles. The van der Waals surface area contributed by atoms with Crippen LogP contribution in [0.2, 0.25) is 0 Å². The van der Waals surface area contributed by atoms with E-state index in [-0.39, 0.29) is 0 Å². The van der Waals surface area contributed by atoms with Gasteiger partial charge in [0.2, 0.25) is 0 Å². The van der Waals surface area contributed by atoms with Crippen LogP contribution in [-0.2, 0) is 20.8 Å². The van der Waals surface area contributed by atoms with E-state index < -0.39 is 20.8 Å². The van der Waals surface area contributed by atoms with Crippen molar-refractivity contribution in [3.05, 3.63) is 49.3 Å². The zero-order chi connectivity index (χ0) is 24.2. The van der Waals surface area contributed by atoms with Crippen LogP contribution in [0.3, 0.4) is 0 Å². The van der Waals surface area contributed by atoms with Crippen LogP contribution >= 0.6 is 17.0 Å². The second kappa shape index (κ2) is 22.2. The maximum absolute atomic E-state index is 4.93. The van der Waals surface area contributed by atoms with Gasteiger partial charge < -0.3 is 12.3 Å². The molecule has 5 atom stereocenters. The van der Waals surface area contributed by atoms with Gasteiger partial charge in [-0.05, 0) is 18.3 Å². The molecule has 0 N–H and O–H groups in total. The van der Waals surface area contributed by atoms with Crippen LogP contribution < -0.4 is 0 Å². The second-order valence-corrected chi connectivity index (χ2v) is 13.1. The Kier molecular flexibility index (Phi) is 22.6. The topological polar surface area (TPSA) is 0 Å². The number of fused-ring (bicyclic) bond motifs is 1. The van der Waals surface area contributed by atoms with E-state index in [1.165, 1.54) is 70.6 Å². The third-order valence-electron chi connectivity index (χ3n) is 6.73. The first kappa shape index (κ1) is 32.7. The maximum atomic E-state index is 4.93. The second-order valence-electron chi connectivity index (χ2n) is 9.35. The van der Waals surface area contributed by atoms with Crippen molar-refractivity contribution in [1.29, 1.82) is 0 Å². The minimum absolute atomic E-state index is 0.698. The van der Waals surface area contributed by atoms with Gasteiger partial charge in [0, 0.05) is 0 Å². The summed E-state index contributed by atoms with van der Waals surface area (Å²) in [6.07, 6.45) is 28.8. The Morgan fingerprint density at radius 2 is 1.81 bits per heavy atom. The SMILES string of the molecule is C=CCC1CC[CH-]C2C=CC=CC21.CC.CCCCC1C[C-](CCC)CC(C)C1.[Cl][Zr+2][Cl]. The molecule has 0 aromatic carbocycles. The van der Waals surface area contributed by atoms with Gasteiger partial charge in [0.1, 0.15) is 0 Å². The molecule has 3 heteroatoms. The zero-order valence-corrected chi connectivity index (χ0v) is 25.6. The molecule has 2 fully saturated rings. The number of unbranched alkanes of at least 4 members (excludes halogenated alkanes) is 1. The molecule has 3 aliphatic rings. The van der Waals surface area contributed by atoms with Crippen LogP contribution in [-0.4, -0.2) is 0 Å². The van der Waals surface area contributed by atoms with Gasteiger partial charge in [0.25, 0.3) is 0 Å². The van der Waals surface area contributed by atoms with Gasteiger partial charge >= 0.3 is 37.9 Å². The van der Waals surface area contributed by atoms with E-state index in [4.69, 9.17) is 17.0 Å². The van der Waals surface area contributed by atoms with Crippen molar-refractivity contribution < 1.29 is 20.8 Å². The van der Waals surface area contributed by atoms with Crippen LogP contribution in [0.15, 0.2) is 37.0 Å². The standard InChI is InChI=1S/C14H27.C13H17.C2H6.2ClH.Zr/c1-4-6-8-14-10-12(3)9-13(11-14)7-5-2;1-2-6-11-8-5-9-12-7-3-4-10-13(11)12;1-2;;;/h12,14H,4-11H2,1-3H3;2-4,7,9-13H,1,5-6,8H2;1-2H3;2*1H;/q2*-1;;;;+4/p-2. The number of halogens is 2. The molecular weight excluding hydrogens is 510 g/mol. The summed E-state index contributed by atoms with van der Waals surface area (Å²) in [6.45, 7) is 14.9. The molecule has 2 saturated carbocycles. The number of hydrogen-bond donors (Lipinski definition) is 0. The van der Waals surface area contributed by atoms with E-state index in [0.717, 1.165) is 23.7 Å². The summed E-state index contributed by atoms with van der Waals surface area (Å²) in [5.74, 6) is 6.13. The quantitative estimate of drug-likeness (QED) is 0.215. The first-order valence-electron chi connectivity index (χ1n) is 13.2. The Balaban J connectivity index is 0.000000501. The normalized spacial score (nSPS) is 28.4. The number of rotatable bonds is 7. The van der Waals surface area contributed by atoms with Gasteiger partial charge in [-0.25, -0.2) is 0 Å². The Morgan fingerprint density at radius 1 is 1.12 bits per heavy atom. The van der Waals surface area contributed by atoms with Gasteiger partial charge in [0.15, 0.2) is 0 Å². The Bertz CT molecular complexity index is 488. The summed E-state index contributed by atoms with van der Waals surface area (Å²) in [7, 11) is 9.87. The van der Waals surface area contributed by atoms with Crippen molar-refractivity contribution in [3.63, 3.8) is 0 Å². The molecule has 32 heavy (non-hydrogen) atoms. The van der Waals surface area contributed by atoms with Gasteiger partial charge in [0.05, 0.1) is 0 Å². The van der Waals surface area contributed by atoms with Crippen molar-refractivity contribution in [1.82, 2.24) is 0 Å². The number of hydrogen-bond acceptors (Lipinski definition) is 0. The first-order chi connectivity index (χ1) is 15.6. The van der Waals surface area contributed by atoms with E-state index in [1.807, 2.05) is 19.8 Å². The molecule has 0 saturated heterocycles. The van der Waals surface area contributed by atoms with Crippen LogP contribution in [0.4, 0.5) is 0 Å². The van der Waals surface area contributed by atoms with Crippen LogP contribution in [0, 0.1) is 41.9 Å². The van der Waals surface area contributed by atoms with Gasteiger partial charge in [-0.2, -0.15) is 25.7 Å². The minimum atomic E-state index is -0.826. The predicted octanol–water partition coefficient (Wildman–Crippen LogP) is 10.9. The molecule has 5 unspecified atom stereocenters. The van der Waals surface area contributed by atoms with Crippen molar-refractivity contribution >= 4 is 17.0 Å². The fourth-order valence-electron chi connectivity index (χ4n) is 5.52. The van der Waals surface area contributed by atoms with Crippen LogP contribution in [0.5, 0.6) is 0 Å². The predicted molar refractivity (Wildman–Crippen MR) is 144 cm³/mol. The van der Waals surface area contributed by atoms with Crippen molar-refractivity contribution in [3.8, 4) is 0 Å². The van der Waals surface area contributed by atoms with E-state index in [0.29, 0.717) is 5.92 Å². The summed E-state index contributed by atoms with van der Waals surface area (Å²) < 4.78 is 0. The molecule has 0 radical (unpaired) electrons. The molecule has 0 aliphatic heterocycles. The third kappa shape index (κ3) is 14.2. The monoisotopic (exact) mass is 558 g/mol. The van der Waals surface area contributed by atoms with Crippen molar-refractivity contribution in [2.75, 3.05) is 0 Å². The summed E-state index contributed by atoms with van der Waals surface area (Å²) in [4.78, 5) is 0. The van der Waals surface area contributed by atoms with Gasteiger partial charge in [-0.3, -0.25) is 0 Å². The summed E-state index contributed by atoms with van der Waals surface area (Å²) in [5.41, 5.74) is 0. The fraction of sp³-hybridized carbons (Fsp3) is 0.724. The molecule has 3 rings (SSSR count). The molecule has 0 heterocycles. The average Bonchev–Trinajstić information content (AvgIpc) is 2.80. The molecular formula is C29H50Cl2Zr.